The summed E-state index contributed by atoms with van der Waals surface area (Å²) in [5.41, 5.74) is 1.66. The Bertz CT molecular complexity index is 1390. The molecule has 0 radical (unpaired) electrons. The van der Waals surface area contributed by atoms with Gasteiger partial charge in [0, 0.05) is 35.3 Å². The number of rotatable bonds is 6. The van der Waals surface area contributed by atoms with E-state index in [-0.39, 0.29) is 17.1 Å². The molecular formula is C21H14N6O4S. The second kappa shape index (κ2) is 9.10. The van der Waals surface area contributed by atoms with Crippen LogP contribution in [0.3, 0.4) is 0 Å². The molecule has 2 aromatic heterocycles. The second-order valence-corrected chi connectivity index (χ2v) is 7.22. The van der Waals surface area contributed by atoms with E-state index in [1.165, 1.54) is 46.5 Å². The van der Waals surface area contributed by atoms with Gasteiger partial charge in [-0.2, -0.15) is 5.10 Å². The van der Waals surface area contributed by atoms with Crippen LogP contribution in [-0.4, -0.2) is 25.7 Å². The quantitative estimate of drug-likeness (QED) is 0.244. The molecule has 0 fully saturated rings. The van der Waals surface area contributed by atoms with E-state index in [0.717, 1.165) is 0 Å². The Morgan fingerprint density at radius 1 is 0.969 bits per heavy atom. The molecule has 0 aliphatic carbocycles. The Balaban J connectivity index is 1.90. The van der Waals surface area contributed by atoms with E-state index < -0.39 is 9.85 Å². The standard InChI is InChI=1S/C21H14N6O4S/c28-26(29)17-8-5-6-15(12-17)20-14-32-21(24-18-9-1-2-10-19(18)27(30)31)25(20)23-13-16-7-3-4-11-22-16/h1-14H. The lowest BCUT2D eigenvalue weighted by Crippen LogP contribution is -2.12. The molecule has 2 heterocycles. The first-order chi connectivity index (χ1) is 15.5. The van der Waals surface area contributed by atoms with Gasteiger partial charge in [0.15, 0.2) is 0 Å². The van der Waals surface area contributed by atoms with Crippen molar-refractivity contribution in [2.24, 2.45) is 10.1 Å². The molecule has 32 heavy (non-hydrogen) atoms. The van der Waals surface area contributed by atoms with Crippen molar-refractivity contribution >= 4 is 34.6 Å². The second-order valence-electron chi connectivity index (χ2n) is 6.38. The number of hydrogen-bond acceptors (Lipinski definition) is 8. The zero-order chi connectivity index (χ0) is 22.5. The van der Waals surface area contributed by atoms with Gasteiger partial charge in [-0.25, -0.2) is 9.67 Å². The predicted molar refractivity (Wildman–Crippen MR) is 120 cm³/mol. The van der Waals surface area contributed by atoms with Gasteiger partial charge in [0.1, 0.15) is 5.69 Å². The molecular weight excluding hydrogens is 432 g/mol. The van der Waals surface area contributed by atoms with Gasteiger partial charge in [-0.1, -0.05) is 30.3 Å². The van der Waals surface area contributed by atoms with Crippen LogP contribution in [0.1, 0.15) is 5.69 Å². The fourth-order valence-corrected chi connectivity index (χ4v) is 3.70. The van der Waals surface area contributed by atoms with Crippen LogP contribution in [0, 0.1) is 20.2 Å². The number of nitrogens with zero attached hydrogens (tertiary/aromatic N) is 6. The first kappa shape index (κ1) is 20.8. The average Bonchev–Trinajstić information content (AvgIpc) is 3.21. The lowest BCUT2D eigenvalue weighted by molar-refractivity contribution is -0.384. The fourth-order valence-electron chi connectivity index (χ4n) is 2.85. The minimum absolute atomic E-state index is 0.0638. The van der Waals surface area contributed by atoms with Crippen LogP contribution in [0.2, 0.25) is 0 Å². The normalized spacial score (nSPS) is 11.7. The first-order valence-corrected chi connectivity index (χ1v) is 10.1. The average molecular weight is 446 g/mol. The van der Waals surface area contributed by atoms with Crippen molar-refractivity contribution < 1.29 is 9.85 Å². The Kier molecular flexibility index (Phi) is 5.90. The minimum atomic E-state index is -0.505. The third kappa shape index (κ3) is 4.47. The van der Waals surface area contributed by atoms with Gasteiger partial charge < -0.3 is 0 Å². The van der Waals surface area contributed by atoms with Crippen LogP contribution in [0.15, 0.2) is 88.4 Å². The van der Waals surface area contributed by atoms with Crippen LogP contribution < -0.4 is 4.80 Å². The molecule has 0 spiro atoms. The molecule has 0 amide bonds. The Labute approximate surface area is 184 Å². The van der Waals surface area contributed by atoms with Crippen molar-refractivity contribution in [1.29, 1.82) is 0 Å². The van der Waals surface area contributed by atoms with E-state index in [1.807, 2.05) is 6.07 Å². The number of nitro groups is 2. The zero-order valence-corrected chi connectivity index (χ0v) is 17.1. The van der Waals surface area contributed by atoms with Crippen LogP contribution in [0.5, 0.6) is 0 Å². The van der Waals surface area contributed by atoms with Gasteiger partial charge in [0.2, 0.25) is 4.80 Å². The molecule has 0 atom stereocenters. The highest BCUT2D eigenvalue weighted by molar-refractivity contribution is 7.07. The summed E-state index contributed by atoms with van der Waals surface area (Å²) in [6.45, 7) is 0. The lowest BCUT2D eigenvalue weighted by Gasteiger charge is -2.04. The van der Waals surface area contributed by atoms with E-state index in [2.05, 4.69) is 15.1 Å². The lowest BCUT2D eigenvalue weighted by atomic mass is 10.1. The summed E-state index contributed by atoms with van der Waals surface area (Å²) in [6.07, 6.45) is 3.14. The van der Waals surface area contributed by atoms with Gasteiger partial charge in [-0.15, -0.1) is 11.3 Å². The molecule has 4 rings (SSSR count). The number of para-hydroxylation sites is 2. The van der Waals surface area contributed by atoms with E-state index >= 15 is 0 Å². The number of nitro benzene ring substituents is 2. The monoisotopic (exact) mass is 446 g/mol. The number of aromatic nitrogens is 2. The fraction of sp³-hybridized carbons (Fsp3) is 0. The van der Waals surface area contributed by atoms with Crippen LogP contribution in [0.4, 0.5) is 17.1 Å². The van der Waals surface area contributed by atoms with E-state index in [0.29, 0.717) is 21.8 Å². The number of hydrogen-bond donors (Lipinski definition) is 0. The molecule has 10 nitrogen and oxygen atoms in total. The van der Waals surface area contributed by atoms with Crippen LogP contribution in [-0.2, 0) is 0 Å². The Hall–Kier alpha value is -4.51. The summed E-state index contributed by atoms with van der Waals surface area (Å²) in [4.78, 5) is 30.6. The molecule has 2 aromatic carbocycles. The molecule has 11 heteroatoms. The van der Waals surface area contributed by atoms with Crippen LogP contribution in [0.25, 0.3) is 11.3 Å². The van der Waals surface area contributed by atoms with Crippen molar-refractivity contribution in [3.63, 3.8) is 0 Å². The minimum Gasteiger partial charge on any atom is -0.258 e. The maximum Gasteiger partial charge on any atom is 0.294 e. The van der Waals surface area contributed by atoms with Crippen molar-refractivity contribution in [3.05, 3.63) is 109 Å². The van der Waals surface area contributed by atoms with Crippen molar-refractivity contribution in [3.8, 4) is 11.3 Å². The first-order valence-electron chi connectivity index (χ1n) is 9.22. The molecule has 158 valence electrons. The summed E-state index contributed by atoms with van der Waals surface area (Å²) in [7, 11) is 0. The van der Waals surface area contributed by atoms with Gasteiger partial charge in [-0.3, -0.25) is 25.2 Å². The van der Waals surface area contributed by atoms with Gasteiger partial charge in [-0.05, 0) is 18.2 Å². The van der Waals surface area contributed by atoms with E-state index in [1.54, 1.807) is 48.0 Å². The maximum atomic E-state index is 11.4. The summed E-state index contributed by atoms with van der Waals surface area (Å²) in [6, 6.07) is 17.6. The predicted octanol–water partition coefficient (Wildman–Crippen LogP) is 4.54. The third-order valence-corrected chi connectivity index (χ3v) is 5.14. The molecule has 0 bridgehead atoms. The highest BCUT2D eigenvalue weighted by Gasteiger charge is 2.15. The number of benzene rings is 2. The summed E-state index contributed by atoms with van der Waals surface area (Å²) < 4.78 is 1.48. The zero-order valence-electron chi connectivity index (χ0n) is 16.3. The van der Waals surface area contributed by atoms with E-state index in [4.69, 9.17) is 0 Å². The van der Waals surface area contributed by atoms with Gasteiger partial charge in [0.05, 0.1) is 27.4 Å². The molecule has 0 unspecified atom stereocenters. The molecule has 0 saturated carbocycles. The third-order valence-electron chi connectivity index (χ3n) is 4.33. The smallest absolute Gasteiger partial charge is 0.258 e. The van der Waals surface area contributed by atoms with Crippen LogP contribution >= 0.6 is 11.3 Å². The number of thiazole rings is 1. The highest BCUT2D eigenvalue weighted by Crippen LogP contribution is 2.28. The topological polar surface area (TPSA) is 129 Å². The molecule has 4 aromatic rings. The molecule has 0 N–H and O–H groups in total. The highest BCUT2D eigenvalue weighted by atomic mass is 32.1. The van der Waals surface area contributed by atoms with E-state index in [9.17, 15) is 20.2 Å². The largest absolute Gasteiger partial charge is 0.294 e. The Morgan fingerprint density at radius 2 is 1.78 bits per heavy atom. The summed E-state index contributed by atoms with van der Waals surface area (Å²) in [5, 5.41) is 28.8. The maximum absolute atomic E-state index is 11.4. The molecule has 0 aliphatic rings. The van der Waals surface area contributed by atoms with Crippen molar-refractivity contribution in [2.75, 3.05) is 0 Å². The number of pyridine rings is 1. The molecule has 0 saturated heterocycles. The van der Waals surface area contributed by atoms with Gasteiger partial charge >= 0.3 is 0 Å². The van der Waals surface area contributed by atoms with Crippen molar-refractivity contribution in [1.82, 2.24) is 9.66 Å². The van der Waals surface area contributed by atoms with Crippen molar-refractivity contribution in [2.45, 2.75) is 0 Å². The Morgan fingerprint density at radius 3 is 2.53 bits per heavy atom. The molecule has 0 aliphatic heterocycles. The summed E-state index contributed by atoms with van der Waals surface area (Å²) >= 11 is 1.21. The number of non-ortho nitro benzene ring substituents is 1. The SMILES string of the molecule is O=[N+]([O-])c1cccc(-c2csc(=Nc3ccccc3[N+](=O)[O-])n2N=Cc2ccccn2)c1. The van der Waals surface area contributed by atoms with Gasteiger partial charge in [0.25, 0.3) is 11.4 Å². The summed E-state index contributed by atoms with van der Waals surface area (Å²) in [5.74, 6) is 0.